The van der Waals surface area contributed by atoms with Gasteiger partial charge in [-0.05, 0) is 12.3 Å². The number of rotatable bonds is 5. The summed E-state index contributed by atoms with van der Waals surface area (Å²) in [6.07, 6.45) is 0.175. The number of aliphatic hydroxyl groups excluding tert-OH is 1. The van der Waals surface area contributed by atoms with Gasteiger partial charge in [-0.15, -0.1) is 0 Å². The molecule has 1 fully saturated rings. The van der Waals surface area contributed by atoms with Crippen LogP contribution in [-0.4, -0.2) is 60.4 Å². The maximum atomic E-state index is 12.3. The lowest BCUT2D eigenvalue weighted by Crippen LogP contribution is -2.55. The molecule has 1 aliphatic rings. The summed E-state index contributed by atoms with van der Waals surface area (Å²) < 4.78 is 5.29. The highest BCUT2D eigenvalue weighted by molar-refractivity contribution is 5.86. The molecule has 2 atom stereocenters. The van der Waals surface area contributed by atoms with Gasteiger partial charge in [0.25, 0.3) is 0 Å². The van der Waals surface area contributed by atoms with Gasteiger partial charge in [-0.25, -0.2) is 4.79 Å². The van der Waals surface area contributed by atoms with E-state index in [1.807, 2.05) is 13.8 Å². The summed E-state index contributed by atoms with van der Waals surface area (Å²) >= 11 is 0. The van der Waals surface area contributed by atoms with Gasteiger partial charge >= 0.3 is 6.03 Å². The molecule has 0 aromatic rings. The quantitative estimate of drug-likeness (QED) is 0.615. The molecule has 7 nitrogen and oxygen atoms in total. The number of aliphatic hydroxyl groups is 1. The van der Waals surface area contributed by atoms with Crippen LogP contribution in [0.5, 0.6) is 0 Å². The maximum Gasteiger partial charge on any atom is 0.312 e. The van der Waals surface area contributed by atoms with Crippen LogP contribution in [0.4, 0.5) is 4.79 Å². The Labute approximate surface area is 113 Å². The molecule has 3 amide bonds. The van der Waals surface area contributed by atoms with Crippen molar-refractivity contribution in [1.82, 2.24) is 10.2 Å². The third-order valence-corrected chi connectivity index (χ3v) is 2.98. The van der Waals surface area contributed by atoms with Gasteiger partial charge in [-0.3, -0.25) is 4.79 Å². The number of hydrogen-bond donors (Lipinski definition) is 3. The fourth-order valence-corrected chi connectivity index (χ4v) is 2.11. The fraction of sp³-hybridized carbons (Fsp3) is 0.833. The third kappa shape index (κ3) is 5.04. The topological polar surface area (TPSA) is 105 Å². The molecule has 0 aliphatic carbocycles. The van der Waals surface area contributed by atoms with Crippen LogP contribution < -0.4 is 11.1 Å². The van der Waals surface area contributed by atoms with Gasteiger partial charge in [-0.2, -0.15) is 0 Å². The Balaban J connectivity index is 2.66. The van der Waals surface area contributed by atoms with Gasteiger partial charge in [-0.1, -0.05) is 13.8 Å². The summed E-state index contributed by atoms with van der Waals surface area (Å²) in [4.78, 5) is 24.9. The van der Waals surface area contributed by atoms with Crippen LogP contribution in [-0.2, 0) is 9.53 Å². The van der Waals surface area contributed by atoms with E-state index in [0.717, 1.165) is 0 Å². The molecule has 2 unspecified atom stereocenters. The van der Waals surface area contributed by atoms with Gasteiger partial charge in [0.2, 0.25) is 5.91 Å². The molecular weight excluding hydrogens is 250 g/mol. The first-order chi connectivity index (χ1) is 8.93. The number of nitrogens with two attached hydrogens (primary N) is 1. The number of primary amides is 1. The monoisotopic (exact) mass is 273 g/mol. The summed E-state index contributed by atoms with van der Waals surface area (Å²) in [5, 5.41) is 11.6. The van der Waals surface area contributed by atoms with E-state index >= 15 is 0 Å². The standard InChI is InChI=1S/C12H23N3O4/c1-8(2)5-10(14-12(13)18)11(17)15-3-4-19-9(6-15)7-16/h8-10,16H,3-7H2,1-2H3,(H3,13,14,18). The lowest BCUT2D eigenvalue weighted by atomic mass is 10.0. The molecule has 0 radical (unpaired) electrons. The smallest absolute Gasteiger partial charge is 0.312 e. The first-order valence-corrected chi connectivity index (χ1v) is 6.51. The number of ether oxygens (including phenoxy) is 1. The summed E-state index contributed by atoms with van der Waals surface area (Å²) in [6, 6.07) is -1.32. The number of amides is 3. The highest BCUT2D eigenvalue weighted by atomic mass is 16.5. The Morgan fingerprint density at radius 3 is 2.74 bits per heavy atom. The van der Waals surface area contributed by atoms with Crippen molar-refractivity contribution in [2.75, 3.05) is 26.3 Å². The molecule has 0 aromatic carbocycles. The molecule has 0 aromatic heterocycles. The van der Waals surface area contributed by atoms with Gasteiger partial charge in [0.1, 0.15) is 6.04 Å². The predicted octanol–water partition coefficient (Wildman–Crippen LogP) is -0.711. The van der Waals surface area contributed by atoms with Crippen molar-refractivity contribution in [2.24, 2.45) is 11.7 Å². The van der Waals surface area contributed by atoms with Crippen molar-refractivity contribution in [3.8, 4) is 0 Å². The molecular formula is C12H23N3O4. The lowest BCUT2D eigenvalue weighted by Gasteiger charge is -2.34. The van der Waals surface area contributed by atoms with Gasteiger partial charge in [0.15, 0.2) is 0 Å². The average molecular weight is 273 g/mol. The van der Waals surface area contributed by atoms with Crippen molar-refractivity contribution in [1.29, 1.82) is 0 Å². The van der Waals surface area contributed by atoms with E-state index < -0.39 is 12.1 Å². The van der Waals surface area contributed by atoms with Gasteiger partial charge in [0.05, 0.1) is 19.3 Å². The van der Waals surface area contributed by atoms with Crippen LogP contribution in [0.15, 0.2) is 0 Å². The molecule has 4 N–H and O–H groups in total. The van der Waals surface area contributed by atoms with Crippen LogP contribution in [0.3, 0.4) is 0 Å². The minimum atomic E-state index is -0.703. The van der Waals surface area contributed by atoms with E-state index in [4.69, 9.17) is 15.6 Å². The average Bonchev–Trinajstić information content (AvgIpc) is 2.36. The minimum Gasteiger partial charge on any atom is -0.394 e. The van der Waals surface area contributed by atoms with E-state index in [2.05, 4.69) is 5.32 Å². The zero-order valence-corrected chi connectivity index (χ0v) is 11.5. The van der Waals surface area contributed by atoms with E-state index in [9.17, 15) is 9.59 Å². The van der Waals surface area contributed by atoms with Crippen molar-refractivity contribution >= 4 is 11.9 Å². The van der Waals surface area contributed by atoms with Crippen LogP contribution in [0.25, 0.3) is 0 Å². The van der Waals surface area contributed by atoms with Crippen LogP contribution in [0.2, 0.25) is 0 Å². The SMILES string of the molecule is CC(C)CC(NC(N)=O)C(=O)N1CCOC(CO)C1. The zero-order valence-electron chi connectivity index (χ0n) is 11.5. The van der Waals surface area contributed by atoms with Gasteiger partial charge < -0.3 is 25.8 Å². The Hall–Kier alpha value is -1.34. The van der Waals surface area contributed by atoms with E-state index in [-0.39, 0.29) is 24.5 Å². The largest absolute Gasteiger partial charge is 0.394 e. The number of hydrogen-bond acceptors (Lipinski definition) is 4. The summed E-state index contributed by atoms with van der Waals surface area (Å²) in [5.41, 5.74) is 5.10. The van der Waals surface area contributed by atoms with Crippen molar-refractivity contribution in [3.63, 3.8) is 0 Å². The van der Waals surface area contributed by atoms with Crippen LogP contribution in [0.1, 0.15) is 20.3 Å². The normalized spacial score (nSPS) is 21.3. The Kier molecular flexibility index (Phi) is 6.04. The molecule has 0 saturated carbocycles. The van der Waals surface area contributed by atoms with Crippen LogP contribution >= 0.6 is 0 Å². The Bertz CT molecular complexity index is 322. The molecule has 0 spiro atoms. The predicted molar refractivity (Wildman–Crippen MR) is 69.4 cm³/mol. The highest BCUT2D eigenvalue weighted by Crippen LogP contribution is 2.11. The molecule has 19 heavy (non-hydrogen) atoms. The second-order valence-corrected chi connectivity index (χ2v) is 5.15. The fourth-order valence-electron chi connectivity index (χ4n) is 2.11. The number of morpholine rings is 1. The van der Waals surface area contributed by atoms with Crippen molar-refractivity contribution < 1.29 is 19.4 Å². The number of nitrogens with zero attached hydrogens (tertiary/aromatic N) is 1. The second-order valence-electron chi connectivity index (χ2n) is 5.15. The van der Waals surface area contributed by atoms with Crippen molar-refractivity contribution in [2.45, 2.75) is 32.4 Å². The molecule has 1 rings (SSSR count). The second kappa shape index (κ2) is 7.30. The minimum absolute atomic E-state index is 0.123. The molecule has 1 heterocycles. The summed E-state index contributed by atoms with van der Waals surface area (Å²) in [6.45, 7) is 5.01. The summed E-state index contributed by atoms with van der Waals surface area (Å²) in [7, 11) is 0. The van der Waals surface area contributed by atoms with E-state index in [0.29, 0.717) is 26.1 Å². The first-order valence-electron chi connectivity index (χ1n) is 6.51. The van der Waals surface area contributed by atoms with Gasteiger partial charge in [0, 0.05) is 13.1 Å². The molecule has 1 saturated heterocycles. The highest BCUT2D eigenvalue weighted by Gasteiger charge is 2.30. The number of urea groups is 1. The summed E-state index contributed by atoms with van der Waals surface area (Å²) in [5.74, 6) is 0.0877. The number of carbonyl (C=O) groups is 2. The maximum absolute atomic E-state index is 12.3. The molecule has 1 aliphatic heterocycles. The number of carbonyl (C=O) groups excluding carboxylic acids is 2. The van der Waals surface area contributed by atoms with E-state index in [1.54, 1.807) is 4.90 Å². The molecule has 7 heteroatoms. The number of nitrogens with one attached hydrogen (secondary N) is 1. The molecule has 110 valence electrons. The Morgan fingerprint density at radius 2 is 2.21 bits per heavy atom. The van der Waals surface area contributed by atoms with Crippen LogP contribution in [0, 0.1) is 5.92 Å². The lowest BCUT2D eigenvalue weighted by molar-refractivity contribution is -0.142. The first kappa shape index (κ1) is 15.7. The molecule has 0 bridgehead atoms. The zero-order chi connectivity index (χ0) is 14.4. The third-order valence-electron chi connectivity index (χ3n) is 2.98. The van der Waals surface area contributed by atoms with Crippen molar-refractivity contribution in [3.05, 3.63) is 0 Å². The van der Waals surface area contributed by atoms with E-state index in [1.165, 1.54) is 0 Å². The Morgan fingerprint density at radius 1 is 1.53 bits per heavy atom.